The highest BCUT2D eigenvalue weighted by molar-refractivity contribution is 9.10. The fourth-order valence-corrected chi connectivity index (χ4v) is 7.32. The lowest BCUT2D eigenvalue weighted by atomic mass is 10.1. The van der Waals surface area contributed by atoms with Crippen LogP contribution in [0, 0.1) is 0 Å². The molecule has 39 heavy (non-hydrogen) atoms. The van der Waals surface area contributed by atoms with E-state index < -0.39 is 0 Å². The van der Waals surface area contributed by atoms with Gasteiger partial charge in [0, 0.05) is 26.9 Å². The molecule has 0 spiro atoms. The van der Waals surface area contributed by atoms with Crippen LogP contribution >= 0.6 is 38.6 Å². The summed E-state index contributed by atoms with van der Waals surface area (Å²) in [6.07, 6.45) is 0. The van der Waals surface area contributed by atoms with Crippen molar-refractivity contribution in [3.05, 3.63) is 135 Å². The van der Waals surface area contributed by atoms with Gasteiger partial charge in [0.1, 0.15) is 37.1 Å². The largest absolute Gasteiger partial charge is 0.489 e. The molecule has 0 N–H and O–H groups in total. The Labute approximate surface area is 244 Å². The first-order valence-electron chi connectivity index (χ1n) is 12.6. The predicted molar refractivity (Wildman–Crippen MR) is 165 cm³/mol. The molecule has 6 aromatic rings. The Morgan fingerprint density at radius 1 is 0.513 bits per heavy atom. The molecule has 0 bridgehead atoms. The quantitative estimate of drug-likeness (QED) is 0.154. The zero-order valence-electron chi connectivity index (χ0n) is 21.0. The zero-order valence-corrected chi connectivity index (χ0v) is 24.2. The number of ether oxygens (including phenoxy) is 3. The van der Waals surface area contributed by atoms with Crippen LogP contribution in [0.25, 0.3) is 20.5 Å². The highest BCUT2D eigenvalue weighted by Crippen LogP contribution is 2.42. The first kappa shape index (κ1) is 25.7. The van der Waals surface area contributed by atoms with Gasteiger partial charge < -0.3 is 14.2 Å². The van der Waals surface area contributed by atoms with Gasteiger partial charge in [-0.25, -0.2) is 0 Å². The Hall–Kier alpha value is -3.58. The van der Waals surface area contributed by atoms with Gasteiger partial charge in [-0.2, -0.15) is 0 Å². The van der Waals surface area contributed by atoms with E-state index in [0.29, 0.717) is 19.8 Å². The molecule has 6 heteroatoms. The molecule has 0 saturated carbocycles. The molecule has 0 unspecified atom stereocenters. The highest BCUT2D eigenvalue weighted by atomic mass is 79.9. The van der Waals surface area contributed by atoms with Crippen LogP contribution in [0.4, 0.5) is 0 Å². The number of rotatable bonds is 10. The summed E-state index contributed by atoms with van der Waals surface area (Å²) in [6.45, 7) is 1.38. The molecule has 0 radical (unpaired) electrons. The number of hydrogen-bond donors (Lipinski definition) is 0. The van der Waals surface area contributed by atoms with Crippen LogP contribution in [0.3, 0.4) is 0 Å². The van der Waals surface area contributed by atoms with Gasteiger partial charge in [0.25, 0.3) is 0 Å². The summed E-state index contributed by atoms with van der Waals surface area (Å²) in [6, 6.07) is 34.6. The van der Waals surface area contributed by atoms with Gasteiger partial charge in [0.05, 0.1) is 9.40 Å². The summed E-state index contributed by atoms with van der Waals surface area (Å²) < 4.78 is 22.2. The van der Waals surface area contributed by atoms with Crippen LogP contribution in [0.2, 0.25) is 0 Å². The molecule has 4 aromatic carbocycles. The Balaban J connectivity index is 1.16. The highest BCUT2D eigenvalue weighted by Gasteiger charge is 2.11. The lowest BCUT2D eigenvalue weighted by Crippen LogP contribution is -2.01. The van der Waals surface area contributed by atoms with Crippen LogP contribution in [0.15, 0.2) is 118 Å². The molecule has 0 atom stereocenters. The molecule has 0 amide bonds. The van der Waals surface area contributed by atoms with Crippen molar-refractivity contribution in [3.63, 3.8) is 0 Å². The SMILES string of the molecule is Brc1csc2c(-c3ccc(OCc4cc(OCc5ccccc5)cc(OCc5ccccc5)c4)cc3)csc12. The molecule has 3 nitrogen and oxygen atoms in total. The third kappa shape index (κ3) is 6.36. The van der Waals surface area contributed by atoms with Crippen molar-refractivity contribution in [1.82, 2.24) is 0 Å². The number of fused-ring (bicyclic) bond motifs is 1. The maximum Gasteiger partial charge on any atom is 0.123 e. The molecule has 0 aliphatic rings. The number of thiophene rings is 2. The van der Waals surface area contributed by atoms with Gasteiger partial charge in [-0.3, -0.25) is 0 Å². The molecule has 6 rings (SSSR count). The van der Waals surface area contributed by atoms with Crippen molar-refractivity contribution in [2.45, 2.75) is 19.8 Å². The summed E-state index contributed by atoms with van der Waals surface area (Å²) in [5.74, 6) is 2.32. The second-order valence-electron chi connectivity index (χ2n) is 9.07. The molecular formula is C33H25BrO3S2. The average molecular weight is 614 g/mol. The van der Waals surface area contributed by atoms with Gasteiger partial charge in [0.2, 0.25) is 0 Å². The minimum Gasteiger partial charge on any atom is -0.489 e. The van der Waals surface area contributed by atoms with Gasteiger partial charge in [-0.1, -0.05) is 72.8 Å². The Bertz CT molecular complexity index is 1600. The van der Waals surface area contributed by atoms with E-state index in [4.69, 9.17) is 14.2 Å². The van der Waals surface area contributed by atoms with E-state index in [0.717, 1.165) is 33.9 Å². The molecule has 0 aliphatic heterocycles. The average Bonchev–Trinajstić information content (AvgIpc) is 3.58. The number of hydrogen-bond acceptors (Lipinski definition) is 5. The number of benzene rings is 4. The molecule has 2 aromatic heterocycles. The summed E-state index contributed by atoms with van der Waals surface area (Å²) in [5, 5.41) is 4.37. The minimum absolute atomic E-state index is 0.407. The van der Waals surface area contributed by atoms with E-state index in [1.165, 1.54) is 25.0 Å². The topological polar surface area (TPSA) is 27.7 Å². The normalized spacial score (nSPS) is 11.0. The van der Waals surface area contributed by atoms with E-state index in [1.54, 1.807) is 22.7 Å². The maximum atomic E-state index is 6.18. The first-order valence-corrected chi connectivity index (χ1v) is 15.1. The van der Waals surface area contributed by atoms with E-state index in [1.807, 2.05) is 66.7 Å². The molecule has 194 valence electrons. The summed E-state index contributed by atoms with van der Waals surface area (Å²) in [4.78, 5) is 0. The van der Waals surface area contributed by atoms with Gasteiger partial charge in [-0.05, 0) is 62.4 Å². The van der Waals surface area contributed by atoms with E-state index in [-0.39, 0.29) is 0 Å². The smallest absolute Gasteiger partial charge is 0.123 e. The third-order valence-corrected chi connectivity index (χ3v) is 9.60. The van der Waals surface area contributed by atoms with Crippen LogP contribution in [-0.2, 0) is 19.8 Å². The van der Waals surface area contributed by atoms with Crippen molar-refractivity contribution in [2.75, 3.05) is 0 Å². The Morgan fingerprint density at radius 3 is 1.67 bits per heavy atom. The molecule has 0 fully saturated rings. The fourth-order valence-electron chi connectivity index (χ4n) is 4.25. The second-order valence-corrected chi connectivity index (χ2v) is 11.7. The maximum absolute atomic E-state index is 6.18. The van der Waals surface area contributed by atoms with Crippen LogP contribution < -0.4 is 14.2 Å². The Kier molecular flexibility index (Phi) is 7.95. The zero-order chi connectivity index (χ0) is 26.4. The lowest BCUT2D eigenvalue weighted by molar-refractivity contribution is 0.281. The van der Waals surface area contributed by atoms with E-state index in [9.17, 15) is 0 Å². The van der Waals surface area contributed by atoms with Crippen molar-refractivity contribution in [2.24, 2.45) is 0 Å². The molecular weight excluding hydrogens is 588 g/mol. The standard InChI is InChI=1S/C33H25BrO3S2/c34-31-22-39-32-30(21-38-33(31)32)26-11-13-27(14-12-26)35-20-25-15-28(36-18-23-7-3-1-4-8-23)17-29(16-25)37-19-24-9-5-2-6-10-24/h1-17,21-22H,18-20H2. The molecule has 0 saturated heterocycles. The van der Waals surface area contributed by atoms with Gasteiger partial charge in [-0.15, -0.1) is 22.7 Å². The van der Waals surface area contributed by atoms with Crippen molar-refractivity contribution < 1.29 is 14.2 Å². The molecule has 2 heterocycles. The summed E-state index contributed by atoms with van der Waals surface area (Å²) in [7, 11) is 0. The van der Waals surface area contributed by atoms with E-state index >= 15 is 0 Å². The lowest BCUT2D eigenvalue weighted by Gasteiger charge is -2.14. The fraction of sp³-hybridized carbons (Fsp3) is 0.0909. The van der Waals surface area contributed by atoms with Crippen molar-refractivity contribution >= 4 is 48.0 Å². The first-order chi connectivity index (χ1) is 19.2. The van der Waals surface area contributed by atoms with E-state index in [2.05, 4.69) is 63.1 Å². The van der Waals surface area contributed by atoms with Crippen LogP contribution in [0.5, 0.6) is 17.2 Å². The minimum atomic E-state index is 0.407. The van der Waals surface area contributed by atoms with Gasteiger partial charge in [0.15, 0.2) is 0 Å². The van der Waals surface area contributed by atoms with Crippen LogP contribution in [0.1, 0.15) is 16.7 Å². The predicted octanol–water partition coefficient (Wildman–Crippen LogP) is 10.1. The second kappa shape index (κ2) is 12.1. The van der Waals surface area contributed by atoms with Gasteiger partial charge >= 0.3 is 0 Å². The monoisotopic (exact) mass is 612 g/mol. The van der Waals surface area contributed by atoms with Crippen molar-refractivity contribution in [3.8, 4) is 28.4 Å². The van der Waals surface area contributed by atoms with Crippen molar-refractivity contribution in [1.29, 1.82) is 0 Å². The number of halogens is 1. The summed E-state index contributed by atoms with van der Waals surface area (Å²) in [5.41, 5.74) is 5.67. The molecule has 0 aliphatic carbocycles. The van der Waals surface area contributed by atoms with Crippen LogP contribution in [-0.4, -0.2) is 0 Å². The Morgan fingerprint density at radius 2 is 1.05 bits per heavy atom. The summed E-state index contributed by atoms with van der Waals surface area (Å²) >= 11 is 7.18. The third-order valence-electron chi connectivity index (χ3n) is 6.25.